The fourth-order valence-electron chi connectivity index (χ4n) is 2.73. The second kappa shape index (κ2) is 7.62. The molecule has 1 aliphatic heterocycles. The maximum Gasteiger partial charge on any atom is 0.239 e. The molecule has 0 spiro atoms. The van der Waals surface area contributed by atoms with Crippen molar-refractivity contribution in [3.8, 4) is 0 Å². The number of fused-ring (bicyclic) bond motifs is 1. The van der Waals surface area contributed by atoms with Crippen LogP contribution in [-0.2, 0) is 11.3 Å². The molecule has 24 heavy (non-hydrogen) atoms. The quantitative estimate of drug-likeness (QED) is 0.907. The van der Waals surface area contributed by atoms with E-state index in [1.165, 1.54) is 10.6 Å². The summed E-state index contributed by atoms with van der Waals surface area (Å²) in [6.45, 7) is 1.89. The molecule has 3 rings (SSSR count). The van der Waals surface area contributed by atoms with Gasteiger partial charge >= 0.3 is 0 Å². The molecule has 1 amide bonds. The molecule has 2 aromatic carbocycles. The largest absolute Gasteiger partial charge is 0.378 e. The molecule has 0 saturated carbocycles. The zero-order chi connectivity index (χ0) is 16.9. The summed E-state index contributed by atoms with van der Waals surface area (Å²) in [5, 5.41) is 3.02. The molecule has 0 bridgehead atoms. The number of benzene rings is 2. The van der Waals surface area contributed by atoms with Crippen molar-refractivity contribution in [3.05, 3.63) is 54.1 Å². The number of para-hydroxylation sites is 1. The molecule has 0 aromatic heterocycles. The molecule has 0 aliphatic carbocycles. The van der Waals surface area contributed by atoms with Crippen LogP contribution in [0.3, 0.4) is 0 Å². The second-order valence-corrected chi connectivity index (χ2v) is 7.21. The summed E-state index contributed by atoms with van der Waals surface area (Å²) in [5.74, 6) is 1.09. The summed E-state index contributed by atoms with van der Waals surface area (Å²) in [5.41, 5.74) is 3.44. The first-order valence-electron chi connectivity index (χ1n) is 8.13. The van der Waals surface area contributed by atoms with Crippen LogP contribution in [-0.4, -0.2) is 38.8 Å². The van der Waals surface area contributed by atoms with Crippen LogP contribution >= 0.6 is 11.8 Å². The summed E-state index contributed by atoms with van der Waals surface area (Å²) < 4.78 is 0. The molecule has 0 atom stereocenters. The molecular formula is C19H23N3OS. The average Bonchev–Trinajstić information content (AvgIpc) is 2.61. The first-order valence-corrected chi connectivity index (χ1v) is 9.12. The van der Waals surface area contributed by atoms with E-state index in [0.29, 0.717) is 13.1 Å². The normalized spacial score (nSPS) is 13.3. The number of rotatable bonds is 5. The minimum Gasteiger partial charge on any atom is -0.378 e. The Kier molecular flexibility index (Phi) is 5.30. The SMILES string of the molecule is CN(C)c1ccc(CNC(=O)CN2CCSc3ccccc32)cc1. The minimum absolute atomic E-state index is 0.0633. The Balaban J connectivity index is 1.55. The number of carbonyl (C=O) groups is 1. The monoisotopic (exact) mass is 341 g/mol. The van der Waals surface area contributed by atoms with E-state index in [1.54, 1.807) is 0 Å². The summed E-state index contributed by atoms with van der Waals surface area (Å²) >= 11 is 1.86. The van der Waals surface area contributed by atoms with Crippen molar-refractivity contribution in [3.63, 3.8) is 0 Å². The minimum atomic E-state index is 0.0633. The lowest BCUT2D eigenvalue weighted by Crippen LogP contribution is -2.39. The van der Waals surface area contributed by atoms with Gasteiger partial charge in [0.1, 0.15) is 0 Å². The lowest BCUT2D eigenvalue weighted by atomic mass is 10.2. The van der Waals surface area contributed by atoms with Crippen molar-refractivity contribution in [1.29, 1.82) is 0 Å². The van der Waals surface area contributed by atoms with E-state index in [9.17, 15) is 4.79 Å². The topological polar surface area (TPSA) is 35.6 Å². The summed E-state index contributed by atoms with van der Waals surface area (Å²) in [4.78, 5) is 17.8. The Morgan fingerprint density at radius 1 is 1.17 bits per heavy atom. The van der Waals surface area contributed by atoms with Gasteiger partial charge < -0.3 is 15.1 Å². The van der Waals surface area contributed by atoms with Crippen molar-refractivity contribution in [1.82, 2.24) is 5.32 Å². The van der Waals surface area contributed by atoms with E-state index in [4.69, 9.17) is 0 Å². The molecule has 5 heteroatoms. The van der Waals surface area contributed by atoms with Gasteiger partial charge in [0.25, 0.3) is 0 Å². The van der Waals surface area contributed by atoms with Crippen LogP contribution in [0.1, 0.15) is 5.56 Å². The van der Waals surface area contributed by atoms with E-state index in [2.05, 4.69) is 51.5 Å². The van der Waals surface area contributed by atoms with Crippen LogP contribution in [0.15, 0.2) is 53.4 Å². The fraction of sp³-hybridized carbons (Fsp3) is 0.316. The maximum absolute atomic E-state index is 12.3. The lowest BCUT2D eigenvalue weighted by Gasteiger charge is -2.30. The van der Waals surface area contributed by atoms with Crippen molar-refractivity contribution in [2.24, 2.45) is 0 Å². The van der Waals surface area contributed by atoms with Gasteiger partial charge in [-0.15, -0.1) is 11.8 Å². The highest BCUT2D eigenvalue weighted by Crippen LogP contribution is 2.33. The van der Waals surface area contributed by atoms with Gasteiger partial charge in [0, 0.05) is 43.5 Å². The highest BCUT2D eigenvalue weighted by molar-refractivity contribution is 7.99. The molecule has 1 N–H and O–H groups in total. The zero-order valence-electron chi connectivity index (χ0n) is 14.2. The second-order valence-electron chi connectivity index (χ2n) is 6.08. The third-order valence-electron chi connectivity index (χ3n) is 4.10. The molecule has 0 fully saturated rings. The summed E-state index contributed by atoms with van der Waals surface area (Å²) in [6, 6.07) is 16.5. The Morgan fingerprint density at radius 2 is 1.92 bits per heavy atom. The zero-order valence-corrected chi connectivity index (χ0v) is 15.0. The first-order chi connectivity index (χ1) is 11.6. The molecule has 1 aliphatic rings. The number of nitrogens with zero attached hydrogens (tertiary/aromatic N) is 2. The van der Waals surface area contributed by atoms with Crippen LogP contribution < -0.4 is 15.1 Å². The van der Waals surface area contributed by atoms with E-state index in [1.807, 2.05) is 38.0 Å². The van der Waals surface area contributed by atoms with E-state index < -0.39 is 0 Å². The van der Waals surface area contributed by atoms with E-state index in [0.717, 1.165) is 23.5 Å². The van der Waals surface area contributed by atoms with Gasteiger partial charge in [-0.1, -0.05) is 24.3 Å². The fourth-order valence-corrected chi connectivity index (χ4v) is 3.78. The van der Waals surface area contributed by atoms with Crippen molar-refractivity contribution < 1.29 is 4.79 Å². The van der Waals surface area contributed by atoms with Gasteiger partial charge in [-0.3, -0.25) is 4.79 Å². The molecule has 126 valence electrons. The lowest BCUT2D eigenvalue weighted by molar-refractivity contribution is -0.119. The molecule has 0 radical (unpaired) electrons. The van der Waals surface area contributed by atoms with E-state index in [-0.39, 0.29) is 5.91 Å². The highest BCUT2D eigenvalue weighted by Gasteiger charge is 2.18. The van der Waals surface area contributed by atoms with Gasteiger partial charge in [0.15, 0.2) is 0 Å². The van der Waals surface area contributed by atoms with Crippen LogP contribution in [0.2, 0.25) is 0 Å². The van der Waals surface area contributed by atoms with Gasteiger partial charge in [-0.25, -0.2) is 0 Å². The average molecular weight is 341 g/mol. The van der Waals surface area contributed by atoms with Gasteiger partial charge in [0.05, 0.1) is 12.2 Å². The molecular weight excluding hydrogens is 318 g/mol. The Bertz CT molecular complexity index is 700. The van der Waals surface area contributed by atoms with E-state index >= 15 is 0 Å². The van der Waals surface area contributed by atoms with Crippen molar-refractivity contribution in [2.75, 3.05) is 42.7 Å². The Labute approximate surface area is 147 Å². The third-order valence-corrected chi connectivity index (χ3v) is 5.14. The number of amides is 1. The number of anilines is 2. The van der Waals surface area contributed by atoms with Crippen LogP contribution in [0.4, 0.5) is 11.4 Å². The number of hydrogen-bond acceptors (Lipinski definition) is 4. The summed E-state index contributed by atoms with van der Waals surface area (Å²) in [6.07, 6.45) is 0. The predicted molar refractivity (Wildman–Crippen MR) is 102 cm³/mol. The van der Waals surface area contributed by atoms with Crippen LogP contribution in [0, 0.1) is 0 Å². The van der Waals surface area contributed by atoms with Crippen LogP contribution in [0.5, 0.6) is 0 Å². The van der Waals surface area contributed by atoms with Crippen molar-refractivity contribution in [2.45, 2.75) is 11.4 Å². The molecule has 1 heterocycles. The Hall–Kier alpha value is -2.14. The highest BCUT2D eigenvalue weighted by atomic mass is 32.2. The van der Waals surface area contributed by atoms with Gasteiger partial charge in [0.2, 0.25) is 5.91 Å². The first kappa shape index (κ1) is 16.7. The molecule has 0 saturated heterocycles. The predicted octanol–water partition coefficient (Wildman–Crippen LogP) is 2.98. The van der Waals surface area contributed by atoms with Crippen LogP contribution in [0.25, 0.3) is 0 Å². The van der Waals surface area contributed by atoms with Gasteiger partial charge in [-0.2, -0.15) is 0 Å². The summed E-state index contributed by atoms with van der Waals surface area (Å²) in [7, 11) is 4.04. The van der Waals surface area contributed by atoms with Crippen molar-refractivity contribution >= 4 is 29.0 Å². The third kappa shape index (κ3) is 4.03. The molecule has 2 aromatic rings. The Morgan fingerprint density at radius 3 is 2.67 bits per heavy atom. The smallest absolute Gasteiger partial charge is 0.239 e. The molecule has 0 unspecified atom stereocenters. The van der Waals surface area contributed by atoms with Gasteiger partial charge in [-0.05, 0) is 29.8 Å². The number of hydrogen-bond donors (Lipinski definition) is 1. The number of thioether (sulfide) groups is 1. The number of carbonyl (C=O) groups excluding carboxylic acids is 1. The number of nitrogens with one attached hydrogen (secondary N) is 1. The maximum atomic E-state index is 12.3. The molecule has 4 nitrogen and oxygen atoms in total. The standard InChI is InChI=1S/C19H23N3OS/c1-21(2)16-9-7-15(8-10-16)13-20-19(23)14-22-11-12-24-18-6-4-3-5-17(18)22/h3-10H,11-14H2,1-2H3,(H,20,23).